The lowest BCUT2D eigenvalue weighted by molar-refractivity contribution is -0.137. The van der Waals surface area contributed by atoms with Crippen LogP contribution in [0.4, 0.5) is 0 Å². The van der Waals surface area contributed by atoms with E-state index in [0.29, 0.717) is 10.8 Å². The number of carboxylic acid groups (broad SMARTS) is 1. The summed E-state index contributed by atoms with van der Waals surface area (Å²) >= 11 is 6.23. The Kier molecular flexibility index (Phi) is 7.73. The van der Waals surface area contributed by atoms with E-state index in [9.17, 15) is 14.7 Å². The summed E-state index contributed by atoms with van der Waals surface area (Å²) in [6, 6.07) is 17.5. The molecule has 1 unspecified atom stereocenters. The summed E-state index contributed by atoms with van der Waals surface area (Å²) in [6.07, 6.45) is 5.60. The predicted molar refractivity (Wildman–Crippen MR) is 135 cm³/mol. The van der Waals surface area contributed by atoms with Gasteiger partial charge in [0.15, 0.2) is 6.61 Å². The van der Waals surface area contributed by atoms with Crippen molar-refractivity contribution in [3.8, 4) is 5.75 Å². The first-order valence-electron chi connectivity index (χ1n) is 11.8. The molecule has 2 N–H and O–H groups in total. The van der Waals surface area contributed by atoms with Crippen LogP contribution in [0, 0.1) is 6.92 Å². The molecule has 0 bridgehead atoms. The van der Waals surface area contributed by atoms with Crippen molar-refractivity contribution in [1.29, 1.82) is 0 Å². The number of amides is 1. The second kappa shape index (κ2) is 10.9. The van der Waals surface area contributed by atoms with Crippen molar-refractivity contribution in [3.05, 3.63) is 76.3 Å². The number of rotatable bonds is 8. The smallest absolute Gasteiger partial charge is 0.304 e. The first kappa shape index (κ1) is 24.1. The fourth-order valence-corrected chi connectivity index (χ4v) is 4.96. The molecule has 0 heterocycles. The van der Waals surface area contributed by atoms with Gasteiger partial charge < -0.3 is 15.2 Å². The number of aryl methyl sites for hydroxylation is 1. The number of ether oxygens (including phenoxy) is 1. The molecule has 1 amide bonds. The number of hydrogen-bond acceptors (Lipinski definition) is 3. The molecule has 0 radical (unpaired) electrons. The van der Waals surface area contributed by atoms with Gasteiger partial charge in [-0.25, -0.2) is 0 Å². The zero-order valence-electron chi connectivity index (χ0n) is 19.4. The van der Waals surface area contributed by atoms with Crippen molar-refractivity contribution in [2.24, 2.45) is 0 Å². The number of carboxylic acids is 1. The van der Waals surface area contributed by atoms with Crippen molar-refractivity contribution < 1.29 is 19.4 Å². The summed E-state index contributed by atoms with van der Waals surface area (Å²) in [7, 11) is 0. The first-order chi connectivity index (χ1) is 16.4. The molecule has 0 aromatic heterocycles. The van der Waals surface area contributed by atoms with Gasteiger partial charge in [0.1, 0.15) is 5.75 Å². The molecule has 5 nitrogen and oxygen atoms in total. The SMILES string of the molecule is Cc1ccc(Cl)cc1C(CC(=O)O)c1ccc2ccc(OCC(=O)NC3CCCCC3)cc2c1. The third-order valence-corrected chi connectivity index (χ3v) is 6.81. The van der Waals surface area contributed by atoms with Gasteiger partial charge in [0.25, 0.3) is 5.91 Å². The Hall–Kier alpha value is -3.05. The molecular weight excluding hydrogens is 450 g/mol. The minimum absolute atomic E-state index is 0.0228. The van der Waals surface area contributed by atoms with E-state index in [2.05, 4.69) is 5.32 Å². The zero-order chi connectivity index (χ0) is 24.1. The molecule has 4 rings (SSSR count). The van der Waals surface area contributed by atoms with E-state index in [-0.39, 0.29) is 30.9 Å². The van der Waals surface area contributed by atoms with Crippen LogP contribution in [-0.4, -0.2) is 29.6 Å². The highest BCUT2D eigenvalue weighted by Crippen LogP contribution is 2.34. The van der Waals surface area contributed by atoms with Gasteiger partial charge in [-0.05, 0) is 71.5 Å². The monoisotopic (exact) mass is 479 g/mol. The van der Waals surface area contributed by atoms with Crippen LogP contribution in [0.2, 0.25) is 5.02 Å². The van der Waals surface area contributed by atoms with Gasteiger partial charge in [0.2, 0.25) is 0 Å². The Morgan fingerprint density at radius 1 is 1.03 bits per heavy atom. The number of carbonyl (C=O) groups is 2. The van der Waals surface area contributed by atoms with Crippen molar-refractivity contribution in [2.75, 3.05) is 6.61 Å². The van der Waals surface area contributed by atoms with Crippen LogP contribution in [-0.2, 0) is 9.59 Å². The van der Waals surface area contributed by atoms with E-state index in [1.807, 2.05) is 61.5 Å². The highest BCUT2D eigenvalue weighted by Gasteiger charge is 2.21. The van der Waals surface area contributed by atoms with Crippen LogP contribution in [0.3, 0.4) is 0 Å². The third kappa shape index (κ3) is 6.09. The van der Waals surface area contributed by atoms with E-state index < -0.39 is 5.97 Å². The Balaban J connectivity index is 1.54. The second-order valence-electron chi connectivity index (χ2n) is 9.11. The Morgan fingerprint density at radius 3 is 2.56 bits per heavy atom. The number of halogens is 1. The number of benzene rings is 3. The molecule has 1 saturated carbocycles. The van der Waals surface area contributed by atoms with Crippen LogP contribution in [0.5, 0.6) is 5.75 Å². The zero-order valence-corrected chi connectivity index (χ0v) is 20.1. The number of hydrogen-bond donors (Lipinski definition) is 2. The lowest BCUT2D eigenvalue weighted by Gasteiger charge is -2.22. The lowest BCUT2D eigenvalue weighted by atomic mass is 9.85. The molecule has 1 aliphatic rings. The Bertz CT molecular complexity index is 1190. The fourth-order valence-electron chi connectivity index (χ4n) is 4.78. The number of carbonyl (C=O) groups excluding carboxylic acids is 1. The molecule has 1 aliphatic carbocycles. The van der Waals surface area contributed by atoms with Crippen molar-refractivity contribution in [2.45, 2.75) is 57.4 Å². The van der Waals surface area contributed by atoms with E-state index in [4.69, 9.17) is 16.3 Å². The Labute approximate surface area is 205 Å². The van der Waals surface area contributed by atoms with E-state index >= 15 is 0 Å². The number of fused-ring (bicyclic) bond motifs is 1. The van der Waals surface area contributed by atoms with Crippen LogP contribution in [0.25, 0.3) is 10.8 Å². The molecule has 34 heavy (non-hydrogen) atoms. The molecule has 178 valence electrons. The summed E-state index contributed by atoms with van der Waals surface area (Å²) in [5, 5.41) is 15.2. The quantitative estimate of drug-likeness (QED) is 0.401. The van der Waals surface area contributed by atoms with E-state index in [1.54, 1.807) is 0 Å². The topological polar surface area (TPSA) is 75.6 Å². The number of nitrogens with one attached hydrogen (secondary N) is 1. The van der Waals surface area contributed by atoms with Crippen molar-refractivity contribution in [3.63, 3.8) is 0 Å². The molecule has 0 aliphatic heterocycles. The van der Waals surface area contributed by atoms with Gasteiger partial charge in [-0.2, -0.15) is 0 Å². The highest BCUT2D eigenvalue weighted by atomic mass is 35.5. The summed E-state index contributed by atoms with van der Waals surface area (Å²) < 4.78 is 5.78. The average Bonchev–Trinajstić information content (AvgIpc) is 2.83. The molecule has 1 atom stereocenters. The summed E-state index contributed by atoms with van der Waals surface area (Å²) in [6.45, 7) is 1.94. The van der Waals surface area contributed by atoms with E-state index in [1.165, 1.54) is 6.42 Å². The van der Waals surface area contributed by atoms with Crippen LogP contribution in [0.15, 0.2) is 54.6 Å². The average molecular weight is 480 g/mol. The standard InChI is InChI=1S/C28H30ClNO4/c1-18-7-11-22(29)15-25(18)26(16-28(32)33)20-9-8-19-10-12-24(14-21(19)13-20)34-17-27(31)30-23-5-3-2-4-6-23/h7-15,23,26H,2-6,16-17H2,1H3,(H,30,31)(H,32,33). The minimum atomic E-state index is -0.870. The van der Waals surface area contributed by atoms with Gasteiger partial charge in [-0.3, -0.25) is 9.59 Å². The van der Waals surface area contributed by atoms with Crippen LogP contribution < -0.4 is 10.1 Å². The molecule has 0 saturated heterocycles. The third-order valence-electron chi connectivity index (χ3n) is 6.57. The van der Waals surface area contributed by atoms with Gasteiger partial charge in [-0.15, -0.1) is 0 Å². The van der Waals surface area contributed by atoms with Gasteiger partial charge in [0.05, 0.1) is 6.42 Å². The molecule has 3 aromatic carbocycles. The lowest BCUT2D eigenvalue weighted by Crippen LogP contribution is -2.38. The normalized spacial score (nSPS) is 15.1. The number of aliphatic carboxylic acids is 1. The largest absolute Gasteiger partial charge is 0.484 e. The van der Waals surface area contributed by atoms with Gasteiger partial charge in [-0.1, -0.05) is 61.2 Å². The summed E-state index contributed by atoms with van der Waals surface area (Å²) in [5.74, 6) is -0.687. The minimum Gasteiger partial charge on any atom is -0.484 e. The van der Waals surface area contributed by atoms with Crippen molar-refractivity contribution in [1.82, 2.24) is 5.32 Å². The Morgan fingerprint density at radius 2 is 1.79 bits per heavy atom. The van der Waals surface area contributed by atoms with Crippen molar-refractivity contribution >= 4 is 34.2 Å². The molecular formula is C28H30ClNO4. The van der Waals surface area contributed by atoms with Crippen LogP contribution in [0.1, 0.15) is 61.1 Å². The maximum atomic E-state index is 12.3. The summed E-state index contributed by atoms with van der Waals surface area (Å²) in [4.78, 5) is 24.0. The van der Waals surface area contributed by atoms with E-state index in [0.717, 1.165) is 53.1 Å². The molecule has 3 aromatic rings. The molecule has 6 heteroatoms. The first-order valence-corrected chi connectivity index (χ1v) is 12.2. The van der Waals surface area contributed by atoms with Gasteiger partial charge >= 0.3 is 5.97 Å². The predicted octanol–water partition coefficient (Wildman–Crippen LogP) is 6.24. The maximum Gasteiger partial charge on any atom is 0.304 e. The highest BCUT2D eigenvalue weighted by molar-refractivity contribution is 6.30. The molecule has 0 spiro atoms. The van der Waals surface area contributed by atoms with Crippen LogP contribution >= 0.6 is 11.6 Å². The summed E-state index contributed by atoms with van der Waals surface area (Å²) in [5.41, 5.74) is 2.80. The second-order valence-corrected chi connectivity index (χ2v) is 9.55. The fraction of sp³-hybridized carbons (Fsp3) is 0.357. The molecule has 1 fully saturated rings. The maximum absolute atomic E-state index is 12.3. The van der Waals surface area contributed by atoms with Gasteiger partial charge in [0, 0.05) is 17.0 Å².